The number of hydrogen-bond acceptors (Lipinski definition) is 3. The Morgan fingerprint density at radius 2 is 1.95 bits per heavy atom. The van der Waals surface area contributed by atoms with Crippen molar-refractivity contribution in [3.8, 4) is 0 Å². The summed E-state index contributed by atoms with van der Waals surface area (Å²) >= 11 is 0. The van der Waals surface area contributed by atoms with Crippen LogP contribution in [0.5, 0.6) is 0 Å². The van der Waals surface area contributed by atoms with Crippen LogP contribution in [-0.4, -0.2) is 26.3 Å². The van der Waals surface area contributed by atoms with Crippen LogP contribution in [0.4, 0.5) is 10.1 Å². The summed E-state index contributed by atoms with van der Waals surface area (Å²) in [6, 6.07) is 3.44. The molecule has 2 N–H and O–H groups in total. The van der Waals surface area contributed by atoms with Gasteiger partial charge in [-0.05, 0) is 37.0 Å². The number of rotatable bonds is 4. The van der Waals surface area contributed by atoms with Gasteiger partial charge in [-0.25, -0.2) is 17.1 Å². The van der Waals surface area contributed by atoms with E-state index in [1.165, 1.54) is 23.8 Å². The first-order chi connectivity index (χ1) is 9.41. The Morgan fingerprint density at radius 1 is 1.30 bits per heavy atom. The molecule has 1 aliphatic carbocycles. The average Bonchev–Trinajstić information content (AvgIpc) is 2.42. The maximum atomic E-state index is 13.3. The highest BCUT2D eigenvalue weighted by Crippen LogP contribution is 2.27. The van der Waals surface area contributed by atoms with Crippen molar-refractivity contribution in [1.82, 2.24) is 4.31 Å². The third-order valence-corrected chi connectivity index (χ3v) is 5.78. The van der Waals surface area contributed by atoms with Crippen LogP contribution in [0.25, 0.3) is 0 Å². The number of anilines is 1. The van der Waals surface area contributed by atoms with Gasteiger partial charge in [0.1, 0.15) is 10.7 Å². The van der Waals surface area contributed by atoms with Gasteiger partial charge in [-0.3, -0.25) is 0 Å². The Morgan fingerprint density at radius 3 is 2.60 bits per heavy atom. The predicted octanol–water partition coefficient (Wildman–Crippen LogP) is 2.61. The van der Waals surface area contributed by atoms with Crippen molar-refractivity contribution in [2.75, 3.05) is 19.3 Å². The average molecular weight is 300 g/mol. The molecule has 0 unspecified atom stereocenters. The first-order valence-corrected chi connectivity index (χ1v) is 8.36. The molecule has 0 spiro atoms. The predicted molar refractivity (Wildman–Crippen MR) is 77.2 cm³/mol. The molecule has 1 fully saturated rings. The lowest BCUT2D eigenvalue weighted by molar-refractivity contribution is 0.300. The van der Waals surface area contributed by atoms with E-state index in [1.54, 1.807) is 0 Å². The first kappa shape index (κ1) is 15.3. The van der Waals surface area contributed by atoms with Gasteiger partial charge < -0.3 is 5.73 Å². The van der Waals surface area contributed by atoms with Crippen molar-refractivity contribution in [3.05, 3.63) is 24.0 Å². The minimum absolute atomic E-state index is 0.0851. The Hall–Kier alpha value is -1.14. The monoisotopic (exact) mass is 300 g/mol. The molecule has 1 aromatic carbocycles. The smallest absolute Gasteiger partial charge is 0.244 e. The standard InChI is InChI=1S/C14H21FN2O2S/c1-17(10-11-5-3-2-4-6-11)20(18,19)14-9-12(15)7-8-13(14)16/h7-9,11H,2-6,10,16H2,1H3. The fourth-order valence-corrected chi connectivity index (χ4v) is 4.10. The summed E-state index contributed by atoms with van der Waals surface area (Å²) in [5, 5.41) is 0. The van der Waals surface area contributed by atoms with Gasteiger partial charge in [-0.2, -0.15) is 0 Å². The van der Waals surface area contributed by atoms with Crippen molar-refractivity contribution in [1.29, 1.82) is 0 Å². The van der Waals surface area contributed by atoms with Crippen molar-refractivity contribution in [2.24, 2.45) is 5.92 Å². The summed E-state index contributed by atoms with van der Waals surface area (Å²) in [5.74, 6) is -0.206. The fraction of sp³-hybridized carbons (Fsp3) is 0.571. The van der Waals surface area contributed by atoms with Gasteiger partial charge in [-0.1, -0.05) is 19.3 Å². The molecule has 0 bridgehead atoms. The second-order valence-corrected chi connectivity index (χ2v) is 7.49. The van der Waals surface area contributed by atoms with Gasteiger partial charge in [0, 0.05) is 13.6 Å². The molecule has 0 amide bonds. The van der Waals surface area contributed by atoms with Crippen LogP contribution >= 0.6 is 0 Å². The molecule has 0 atom stereocenters. The van der Waals surface area contributed by atoms with Crippen LogP contribution in [0.15, 0.2) is 23.1 Å². The molecule has 0 aromatic heterocycles. The van der Waals surface area contributed by atoms with E-state index in [2.05, 4.69) is 0 Å². The van der Waals surface area contributed by atoms with E-state index < -0.39 is 15.8 Å². The Balaban J connectivity index is 2.18. The van der Waals surface area contributed by atoms with E-state index in [1.807, 2.05) is 0 Å². The van der Waals surface area contributed by atoms with E-state index >= 15 is 0 Å². The lowest BCUT2D eigenvalue weighted by atomic mass is 9.89. The summed E-state index contributed by atoms with van der Waals surface area (Å²) < 4.78 is 39.5. The molecule has 6 heteroatoms. The van der Waals surface area contributed by atoms with E-state index in [0.29, 0.717) is 12.5 Å². The second kappa shape index (κ2) is 6.10. The highest BCUT2D eigenvalue weighted by molar-refractivity contribution is 7.89. The number of sulfonamides is 1. The second-order valence-electron chi connectivity index (χ2n) is 5.47. The van der Waals surface area contributed by atoms with Crippen LogP contribution in [0.2, 0.25) is 0 Å². The Bertz CT molecular complexity index is 569. The molecule has 112 valence electrons. The first-order valence-electron chi connectivity index (χ1n) is 6.92. The quantitative estimate of drug-likeness (QED) is 0.869. The molecule has 0 radical (unpaired) electrons. The van der Waals surface area contributed by atoms with E-state index in [-0.39, 0.29) is 10.6 Å². The lowest BCUT2D eigenvalue weighted by Gasteiger charge is -2.26. The molecular formula is C14H21FN2O2S. The maximum Gasteiger partial charge on any atom is 0.244 e. The third-order valence-electron chi connectivity index (χ3n) is 3.90. The van der Waals surface area contributed by atoms with E-state index in [9.17, 15) is 12.8 Å². The Labute approximate surface area is 119 Å². The molecule has 0 saturated heterocycles. The summed E-state index contributed by atoms with van der Waals surface area (Å²) in [6.45, 7) is 0.471. The van der Waals surface area contributed by atoms with Crippen molar-refractivity contribution < 1.29 is 12.8 Å². The Kier molecular flexibility index (Phi) is 4.65. The van der Waals surface area contributed by atoms with Crippen LogP contribution in [0, 0.1) is 11.7 Å². The molecule has 0 aliphatic heterocycles. The van der Waals surface area contributed by atoms with Crippen LogP contribution in [0.1, 0.15) is 32.1 Å². The zero-order chi connectivity index (χ0) is 14.8. The van der Waals surface area contributed by atoms with E-state index in [0.717, 1.165) is 37.8 Å². The molecule has 0 heterocycles. The van der Waals surface area contributed by atoms with Crippen molar-refractivity contribution in [2.45, 2.75) is 37.0 Å². The summed E-state index contributed by atoms with van der Waals surface area (Å²) in [7, 11) is -2.19. The number of nitrogen functional groups attached to an aromatic ring is 1. The molecule has 2 rings (SSSR count). The lowest BCUT2D eigenvalue weighted by Crippen LogP contribution is -2.33. The summed E-state index contributed by atoms with van der Waals surface area (Å²) in [4.78, 5) is -0.143. The summed E-state index contributed by atoms with van der Waals surface area (Å²) in [6.07, 6.45) is 5.64. The number of benzene rings is 1. The normalized spacial score (nSPS) is 17.6. The molecule has 1 saturated carbocycles. The van der Waals surface area contributed by atoms with Crippen LogP contribution in [-0.2, 0) is 10.0 Å². The van der Waals surface area contributed by atoms with Gasteiger partial charge in [0.25, 0.3) is 0 Å². The van der Waals surface area contributed by atoms with Gasteiger partial charge in [0.15, 0.2) is 0 Å². The van der Waals surface area contributed by atoms with Gasteiger partial charge >= 0.3 is 0 Å². The van der Waals surface area contributed by atoms with Gasteiger partial charge in [0.2, 0.25) is 10.0 Å². The fourth-order valence-electron chi connectivity index (χ4n) is 2.73. The van der Waals surface area contributed by atoms with Gasteiger partial charge in [-0.15, -0.1) is 0 Å². The largest absolute Gasteiger partial charge is 0.398 e. The number of halogens is 1. The number of hydrogen-bond donors (Lipinski definition) is 1. The third kappa shape index (κ3) is 3.30. The zero-order valence-corrected chi connectivity index (χ0v) is 12.5. The molecular weight excluding hydrogens is 279 g/mol. The topological polar surface area (TPSA) is 63.4 Å². The SMILES string of the molecule is CN(CC1CCCCC1)S(=O)(=O)c1cc(F)ccc1N. The highest BCUT2D eigenvalue weighted by Gasteiger charge is 2.26. The van der Waals surface area contributed by atoms with Crippen molar-refractivity contribution in [3.63, 3.8) is 0 Å². The zero-order valence-electron chi connectivity index (χ0n) is 11.7. The minimum Gasteiger partial charge on any atom is -0.398 e. The number of nitrogens with zero attached hydrogens (tertiary/aromatic N) is 1. The molecule has 20 heavy (non-hydrogen) atoms. The minimum atomic E-state index is -3.72. The highest BCUT2D eigenvalue weighted by atomic mass is 32.2. The maximum absolute atomic E-state index is 13.3. The molecule has 4 nitrogen and oxygen atoms in total. The molecule has 1 aromatic rings. The van der Waals surface area contributed by atoms with Gasteiger partial charge in [0.05, 0.1) is 5.69 Å². The molecule has 1 aliphatic rings. The van der Waals surface area contributed by atoms with E-state index in [4.69, 9.17) is 5.73 Å². The number of nitrogens with two attached hydrogens (primary N) is 1. The van der Waals surface area contributed by atoms with Crippen LogP contribution < -0.4 is 5.73 Å². The van der Waals surface area contributed by atoms with Crippen LogP contribution in [0.3, 0.4) is 0 Å². The van der Waals surface area contributed by atoms with Crippen molar-refractivity contribution >= 4 is 15.7 Å². The summed E-state index contributed by atoms with van der Waals surface area (Å²) in [5.41, 5.74) is 5.76.